The van der Waals surface area contributed by atoms with Gasteiger partial charge in [0.1, 0.15) is 0 Å². The third kappa shape index (κ3) is 3.20. The molecule has 0 aliphatic carbocycles. The summed E-state index contributed by atoms with van der Waals surface area (Å²) < 4.78 is 0. The Balaban J connectivity index is 5.19. The molecule has 0 nitrogen and oxygen atoms in total. The summed E-state index contributed by atoms with van der Waals surface area (Å²) in [6, 6.07) is 0. The monoisotopic (exact) mass is 178 g/mol. The molecule has 0 amide bonds. The Morgan fingerprint density at radius 1 is 1.40 bits per heavy atom. The summed E-state index contributed by atoms with van der Waals surface area (Å²) in [4.78, 5) is 0. The maximum absolute atomic E-state index is 6.33. The maximum atomic E-state index is 6.33. The Hall–Kier alpha value is -0.0600. The molecule has 0 spiro atoms. The van der Waals surface area contributed by atoms with E-state index in [0.717, 1.165) is 0 Å². The van der Waals surface area contributed by atoms with Crippen molar-refractivity contribution in [3.63, 3.8) is 0 Å². The van der Waals surface area contributed by atoms with Gasteiger partial charge in [-0.05, 0) is 31.1 Å². The van der Waals surface area contributed by atoms with Gasteiger partial charge in [-0.15, -0.1) is 6.42 Å². The SMILES string of the molecule is C#CS(C)(C)(C)(Cl)/C=C\C. The van der Waals surface area contributed by atoms with E-state index in [2.05, 4.69) is 5.25 Å². The van der Waals surface area contributed by atoms with E-state index < -0.39 is 7.51 Å². The summed E-state index contributed by atoms with van der Waals surface area (Å²) in [6.07, 6.45) is 13.1. The highest BCUT2D eigenvalue weighted by molar-refractivity contribution is 8.82. The molecule has 2 heteroatoms. The molecule has 0 N–H and O–H groups in total. The molecule has 0 saturated carbocycles. The molecule has 0 aromatic heterocycles. The number of hydrogen-bond acceptors (Lipinski definition) is 0. The number of allylic oxidation sites excluding steroid dienone is 1. The molecule has 10 heavy (non-hydrogen) atoms. The number of terminal acetylenes is 1. The lowest BCUT2D eigenvalue weighted by Gasteiger charge is -2.58. The van der Waals surface area contributed by atoms with Crippen molar-refractivity contribution in [2.75, 3.05) is 18.8 Å². The van der Waals surface area contributed by atoms with E-state index in [0.29, 0.717) is 0 Å². The van der Waals surface area contributed by atoms with Crippen molar-refractivity contribution in [3.05, 3.63) is 11.5 Å². The highest BCUT2D eigenvalue weighted by Gasteiger charge is 2.39. The van der Waals surface area contributed by atoms with Crippen LogP contribution in [-0.4, -0.2) is 18.8 Å². The molecule has 0 atom stereocenters. The van der Waals surface area contributed by atoms with Gasteiger partial charge in [0.15, 0.2) is 0 Å². The third-order valence-electron chi connectivity index (χ3n) is 1.13. The first-order valence-electron chi connectivity index (χ1n) is 3.02. The van der Waals surface area contributed by atoms with Gasteiger partial charge in [-0.2, -0.15) is 7.51 Å². The molecule has 0 bridgehead atoms. The van der Waals surface area contributed by atoms with Crippen LogP contribution < -0.4 is 0 Å². The van der Waals surface area contributed by atoms with Crippen LogP contribution in [-0.2, 0) is 0 Å². The normalized spacial score (nSPS) is 19.6. The molecule has 0 saturated heterocycles. The van der Waals surface area contributed by atoms with Crippen LogP contribution in [0.15, 0.2) is 11.5 Å². The van der Waals surface area contributed by atoms with E-state index in [-0.39, 0.29) is 0 Å². The summed E-state index contributed by atoms with van der Waals surface area (Å²) in [5, 5.41) is 4.62. The van der Waals surface area contributed by atoms with E-state index >= 15 is 0 Å². The zero-order valence-electron chi connectivity index (χ0n) is 7.02. The predicted molar refractivity (Wildman–Crippen MR) is 54.9 cm³/mol. The summed E-state index contributed by atoms with van der Waals surface area (Å²) in [5.41, 5.74) is 0. The highest BCUT2D eigenvalue weighted by Crippen LogP contribution is 2.86. The standard InChI is InChI=1S/C8H15ClS/c1-6-8-10(3,4,5,9)7-2/h2,6,8H,1,3-5H3/b8-6-. The number of rotatable bonds is 1. The van der Waals surface area contributed by atoms with Crippen molar-refractivity contribution >= 4 is 18.2 Å². The topological polar surface area (TPSA) is 0 Å². The maximum Gasteiger partial charge on any atom is -0.0232 e. The average molecular weight is 179 g/mol. The predicted octanol–water partition coefficient (Wildman–Crippen LogP) is 3.03. The molecule has 0 heterocycles. The molecule has 0 aliphatic heterocycles. The van der Waals surface area contributed by atoms with Crippen LogP contribution in [0.3, 0.4) is 0 Å². The summed E-state index contributed by atoms with van der Waals surface area (Å²) in [5.74, 6) is 0. The minimum Gasteiger partial charge on any atom is -0.159 e. The summed E-state index contributed by atoms with van der Waals surface area (Å²) in [7, 11) is 3.58. The molecular formula is C8H15ClS. The second-order valence-electron chi connectivity index (χ2n) is 3.88. The van der Waals surface area contributed by atoms with E-state index in [9.17, 15) is 0 Å². The van der Waals surface area contributed by atoms with Gasteiger partial charge in [-0.1, -0.05) is 22.0 Å². The van der Waals surface area contributed by atoms with Crippen LogP contribution in [0.2, 0.25) is 0 Å². The fraction of sp³-hybridized carbons (Fsp3) is 0.500. The van der Waals surface area contributed by atoms with Crippen LogP contribution in [0.25, 0.3) is 0 Å². The second-order valence-corrected chi connectivity index (χ2v) is 14.7. The molecule has 0 radical (unpaired) electrons. The Bertz CT molecular complexity index is 209. The van der Waals surface area contributed by atoms with Gasteiger partial charge in [-0.3, -0.25) is 0 Å². The summed E-state index contributed by atoms with van der Waals surface area (Å²) >= 11 is 0. The molecule has 0 aromatic rings. The van der Waals surface area contributed by atoms with Crippen LogP contribution in [0.5, 0.6) is 0 Å². The lowest BCUT2D eigenvalue weighted by atomic mass is 10.8. The zero-order chi connectivity index (χ0) is 8.53. The van der Waals surface area contributed by atoms with Gasteiger partial charge in [-0.25, -0.2) is 0 Å². The van der Waals surface area contributed by atoms with Crippen molar-refractivity contribution in [1.29, 1.82) is 0 Å². The lowest BCUT2D eigenvalue weighted by molar-refractivity contribution is 1.76. The van der Waals surface area contributed by atoms with Gasteiger partial charge in [0.25, 0.3) is 0 Å². The second kappa shape index (κ2) is 1.75. The van der Waals surface area contributed by atoms with Crippen molar-refractivity contribution in [2.24, 2.45) is 0 Å². The van der Waals surface area contributed by atoms with Gasteiger partial charge in [0.05, 0.1) is 0 Å². The molecule has 60 valence electrons. The van der Waals surface area contributed by atoms with Gasteiger partial charge in [0.2, 0.25) is 0 Å². The van der Waals surface area contributed by atoms with Crippen molar-refractivity contribution in [1.82, 2.24) is 0 Å². The Morgan fingerprint density at radius 2 is 1.80 bits per heavy atom. The Kier molecular flexibility index (Phi) is 1.74. The number of hydrogen-bond donors (Lipinski definition) is 0. The van der Waals surface area contributed by atoms with E-state index in [1.165, 1.54) is 0 Å². The quantitative estimate of drug-likeness (QED) is 0.542. The molecule has 0 aliphatic rings. The van der Waals surface area contributed by atoms with Crippen LogP contribution in [0.1, 0.15) is 6.92 Å². The van der Waals surface area contributed by atoms with Crippen LogP contribution in [0.4, 0.5) is 0 Å². The first-order chi connectivity index (χ1) is 4.12. The Labute approximate surface area is 67.4 Å². The first kappa shape index (κ1) is 9.94. The fourth-order valence-corrected chi connectivity index (χ4v) is 2.01. The largest absolute Gasteiger partial charge is 0.159 e. The van der Waals surface area contributed by atoms with Gasteiger partial charge in [0, 0.05) is 0 Å². The Morgan fingerprint density at radius 3 is 1.90 bits per heavy atom. The smallest absolute Gasteiger partial charge is 0.0232 e. The lowest BCUT2D eigenvalue weighted by Crippen LogP contribution is -2.18. The van der Waals surface area contributed by atoms with Crippen LogP contribution in [0, 0.1) is 11.7 Å². The van der Waals surface area contributed by atoms with Crippen molar-refractivity contribution in [2.45, 2.75) is 6.92 Å². The highest BCUT2D eigenvalue weighted by atomic mass is 35.7. The minimum atomic E-state index is -2.74. The molecule has 0 unspecified atom stereocenters. The third-order valence-corrected chi connectivity index (χ3v) is 3.97. The van der Waals surface area contributed by atoms with E-state index in [1.807, 2.05) is 37.2 Å². The molecule has 0 rings (SSSR count). The number of halogens is 1. The summed E-state index contributed by atoms with van der Waals surface area (Å²) in [6.45, 7) is 1.93. The average Bonchev–Trinajstić information content (AvgIpc) is 1.64. The van der Waals surface area contributed by atoms with E-state index in [1.54, 1.807) is 0 Å². The van der Waals surface area contributed by atoms with Crippen molar-refractivity contribution in [3.8, 4) is 11.7 Å². The van der Waals surface area contributed by atoms with Crippen LogP contribution >= 0.6 is 18.2 Å². The molecular weight excluding hydrogens is 164 g/mol. The first-order valence-corrected chi connectivity index (χ1v) is 7.58. The van der Waals surface area contributed by atoms with Crippen molar-refractivity contribution < 1.29 is 0 Å². The van der Waals surface area contributed by atoms with E-state index in [4.69, 9.17) is 17.1 Å². The molecule has 0 fully saturated rings. The van der Waals surface area contributed by atoms with Gasteiger partial charge >= 0.3 is 0 Å². The minimum absolute atomic E-state index is 1.91. The molecule has 0 aromatic carbocycles. The van der Waals surface area contributed by atoms with Gasteiger partial charge < -0.3 is 0 Å². The zero-order valence-corrected chi connectivity index (χ0v) is 8.59. The fourth-order valence-electron chi connectivity index (χ4n) is 0.567.